The zero-order chi connectivity index (χ0) is 83.7. The topological polar surface area (TPSA) is 341 Å². The van der Waals surface area contributed by atoms with Crippen molar-refractivity contribution in [2.75, 3.05) is 183 Å². The number of halogens is 2. The maximum absolute atomic E-state index is 12.2. The van der Waals surface area contributed by atoms with Crippen molar-refractivity contribution in [3.8, 4) is 11.5 Å². The van der Waals surface area contributed by atoms with Crippen molar-refractivity contribution in [2.45, 2.75) is 66.6 Å². The number of nitrogens with one attached hydrogen (secondary N) is 5. The molecule has 0 radical (unpaired) electrons. The summed E-state index contributed by atoms with van der Waals surface area (Å²) < 4.78 is 14.2. The minimum Gasteiger partial charge on any atom is -0.662 e. The summed E-state index contributed by atoms with van der Waals surface area (Å²) >= 11 is 10.6. The van der Waals surface area contributed by atoms with Crippen molar-refractivity contribution in [1.82, 2.24) is 61.1 Å². The van der Waals surface area contributed by atoms with Crippen LogP contribution in [0.4, 0.5) is 0 Å². The van der Waals surface area contributed by atoms with Crippen LogP contribution in [0.25, 0.3) is 0 Å². The Morgan fingerprint density at radius 3 is 1.11 bits per heavy atom. The normalized spacial score (nSPS) is 14.8. The van der Waals surface area contributed by atoms with Gasteiger partial charge in [0.25, 0.3) is 12.4 Å². The summed E-state index contributed by atoms with van der Waals surface area (Å²) in [5.41, 5.74) is 12.3. The molecular weight excluding hydrogens is 1550 g/mol. The summed E-state index contributed by atoms with van der Waals surface area (Å²) in [6.07, 6.45) is 6.68. The monoisotopic (exact) mass is 1670 g/mol. The molecule has 2 amide bonds. The second-order valence-corrected chi connectivity index (χ2v) is 26.7. The molecule has 6 aromatic carbocycles. The number of alkyl halides is 2. The molecule has 0 saturated carbocycles. The summed E-state index contributed by atoms with van der Waals surface area (Å²) in [4.78, 5) is 93.2. The SMILES string of the molecule is C.C1CNCCN1.C=CCc1cccc(/C=N/NC(=O)CN2CCN(Cc3ccccc3)CC2)c1O.C=CCc1cccc(C=O)c1O.CCOC(=O)CCl.CCOC(=O)CN1CCN(Cc2ccccc2)CC1.CCOC(=O)CN1CCNCC1.ClCc1ccccc1.NNC(=O)CN1CCN(Cc2ccccc2)CC1.O=CO[O-].[Na+]. The number of piperazine rings is 5. The molecule has 5 fully saturated rings. The number of amides is 2. The maximum atomic E-state index is 12.2. The van der Waals surface area contributed by atoms with Gasteiger partial charge in [0.05, 0.1) is 57.8 Å². The molecule has 5 aliphatic rings. The van der Waals surface area contributed by atoms with E-state index < -0.39 is 0 Å². The number of hydrazine groups is 1. The van der Waals surface area contributed by atoms with E-state index in [1.165, 1.54) is 28.5 Å². The van der Waals surface area contributed by atoms with Crippen molar-refractivity contribution >= 4 is 71.9 Å². The number of phenolic OH excluding ortho intramolecular Hbond substituents is 2. The van der Waals surface area contributed by atoms with E-state index in [-0.39, 0.29) is 90.6 Å². The molecule has 638 valence electrons. The van der Waals surface area contributed by atoms with Gasteiger partial charge in [-0.3, -0.25) is 73.3 Å². The number of hydrogen-bond donors (Lipinski definition) is 8. The summed E-state index contributed by atoms with van der Waals surface area (Å²) in [6.45, 7) is 38.0. The average Bonchev–Trinajstić information content (AvgIpc) is 0.854. The molecule has 0 spiro atoms. The van der Waals surface area contributed by atoms with Gasteiger partial charge in [0.15, 0.2) is 6.29 Å². The van der Waals surface area contributed by atoms with Crippen LogP contribution in [0, 0.1) is 0 Å². The van der Waals surface area contributed by atoms with Crippen LogP contribution < -0.4 is 67.5 Å². The van der Waals surface area contributed by atoms with Gasteiger partial charge in [-0.1, -0.05) is 165 Å². The molecule has 0 bridgehead atoms. The van der Waals surface area contributed by atoms with Gasteiger partial charge in [0.1, 0.15) is 17.4 Å². The standard InChI is InChI=1S/C23H28N4O2.C15H22N2O2.C13H20N4O.C10H10O2.C8H16N2O2.C7H7Cl.C4H7ClO2.C4H10N2.CH2O3.CH4.Na/c1-2-7-20-10-6-11-21(23(20)29)16-24-25-22(28)18-27-14-12-26(13-15-27)17-19-8-4-3-5-9-19;1-2-19-15(18)13-17-10-8-16(9-11-17)12-14-6-4-3-5-7-14;14-15-13(18)11-17-8-6-16(7-9-17)10-12-4-2-1-3-5-12;1-2-4-8-5-3-6-9(7-11)10(8)12;1-2-12-8(11)7-10-5-3-9-4-6-10;8-6-7-4-2-1-3-5-7;1-2-7-4(6)3-5;1-2-6-4-3-5-1;2-1-4-3;;/h2-6,8-11,16,29H,1,7,12-15,17-18H2,(H,25,28);3-7H,2,8-13H2,1H3;1-5H,6-11,14H2,(H,15,18);2-3,5-7,12H,1,4H2;9H,2-7H2,1H3;1-5H,6H2;2-3H2,1H3;5-6H,1-4H2;1,3H;1H4;/q;;;;;;;;;;+1/p-1/b24-16+;;;;;;;;;;. The Bertz CT molecular complexity index is 3630. The third-order valence-electron chi connectivity index (χ3n) is 17.5. The molecule has 0 aromatic heterocycles. The summed E-state index contributed by atoms with van der Waals surface area (Å²) in [5.74, 6) is 5.02. The van der Waals surface area contributed by atoms with Gasteiger partial charge < -0.3 is 50.5 Å². The maximum Gasteiger partial charge on any atom is 1.00 e. The van der Waals surface area contributed by atoms with Crippen LogP contribution in [0.1, 0.15) is 77.5 Å². The number of para-hydroxylation sites is 2. The number of benzene rings is 6. The van der Waals surface area contributed by atoms with Crippen LogP contribution in [0.15, 0.2) is 188 Å². The first kappa shape index (κ1) is 107. The number of carbonyl (C=O) groups is 7. The molecule has 5 heterocycles. The van der Waals surface area contributed by atoms with Gasteiger partial charge in [0, 0.05) is 162 Å². The number of phenols is 2. The molecule has 5 saturated heterocycles. The van der Waals surface area contributed by atoms with Crippen molar-refractivity contribution in [3.63, 3.8) is 0 Å². The number of aromatic hydroxyl groups is 2. The number of nitrogens with two attached hydrogens (primary N) is 1. The van der Waals surface area contributed by atoms with Crippen LogP contribution in [-0.4, -0.2) is 276 Å². The molecule has 9 N–H and O–H groups in total. The fourth-order valence-corrected chi connectivity index (χ4v) is 11.8. The Morgan fingerprint density at radius 2 is 0.795 bits per heavy atom. The number of rotatable bonds is 27. The first-order valence-corrected chi connectivity index (χ1v) is 39.8. The van der Waals surface area contributed by atoms with Crippen molar-refractivity contribution in [3.05, 3.63) is 228 Å². The van der Waals surface area contributed by atoms with Crippen molar-refractivity contribution < 1.29 is 97.7 Å². The molecule has 0 atom stereocenters. The fraction of sp³-hybridized carbons (Fsp3) is 0.442. The smallest absolute Gasteiger partial charge is 0.662 e. The van der Waals surface area contributed by atoms with E-state index >= 15 is 0 Å². The minimum absolute atomic E-state index is 0. The Morgan fingerprint density at radius 1 is 0.470 bits per heavy atom. The van der Waals surface area contributed by atoms with Gasteiger partial charge in [-0.25, -0.2) is 11.3 Å². The zero-order valence-corrected chi connectivity index (χ0v) is 71.6. The van der Waals surface area contributed by atoms with E-state index in [2.05, 4.69) is 162 Å². The first-order chi connectivity index (χ1) is 56.0. The predicted octanol–water partition coefficient (Wildman–Crippen LogP) is 3.41. The predicted molar refractivity (Wildman–Crippen MR) is 457 cm³/mol. The first-order valence-electron chi connectivity index (χ1n) is 38.7. The third-order valence-corrected chi connectivity index (χ3v) is 18.0. The molecule has 6 aromatic rings. The van der Waals surface area contributed by atoms with E-state index in [0.717, 1.165) is 162 Å². The second-order valence-electron chi connectivity index (χ2n) is 26.2. The molecule has 11 rings (SSSR count). The number of nitrogens with zero attached hydrogens (tertiary/aromatic N) is 8. The summed E-state index contributed by atoms with van der Waals surface area (Å²) in [5, 5.41) is 41.7. The number of hydrogen-bond acceptors (Lipinski definition) is 26. The largest absolute Gasteiger partial charge is 1.00 e. The van der Waals surface area contributed by atoms with E-state index in [9.17, 15) is 39.0 Å². The number of ether oxygens (including phenoxy) is 3. The Kier molecular flexibility index (Phi) is 63.4. The average molecular weight is 1670 g/mol. The van der Waals surface area contributed by atoms with Crippen LogP contribution in [0.2, 0.25) is 0 Å². The number of esters is 3. The molecule has 117 heavy (non-hydrogen) atoms. The quantitative estimate of drug-likeness (QED) is 0.00313. The van der Waals surface area contributed by atoms with Crippen molar-refractivity contribution in [2.24, 2.45) is 10.9 Å². The van der Waals surface area contributed by atoms with Crippen LogP contribution in [0.5, 0.6) is 11.5 Å². The van der Waals surface area contributed by atoms with Gasteiger partial charge >= 0.3 is 47.5 Å². The minimum atomic E-state index is -0.357. The molecule has 0 unspecified atom stereocenters. The van der Waals surface area contributed by atoms with E-state index in [4.69, 9.17) is 48.6 Å². The summed E-state index contributed by atoms with van der Waals surface area (Å²) in [7, 11) is 0. The molecule has 31 heteroatoms. The molecule has 0 aliphatic carbocycles. The van der Waals surface area contributed by atoms with Gasteiger partial charge in [0.2, 0.25) is 5.91 Å². The fourth-order valence-electron chi connectivity index (χ4n) is 11.6. The number of allylic oxidation sites excluding steroid dienone is 2. The van der Waals surface area contributed by atoms with E-state index in [1.807, 2.05) is 74.5 Å². The Hall–Kier alpha value is -8.34. The van der Waals surface area contributed by atoms with Crippen molar-refractivity contribution in [1.29, 1.82) is 0 Å². The molecular formula is C86H125Cl2N14NaO14. The third kappa shape index (κ3) is 50.9. The number of carbonyl (C=O) groups excluding carboxylic acids is 7. The number of aldehydes is 1. The summed E-state index contributed by atoms with van der Waals surface area (Å²) in [6, 6.07) is 51.9. The second kappa shape index (κ2) is 69.6. The van der Waals surface area contributed by atoms with E-state index in [1.54, 1.807) is 43.3 Å². The van der Waals surface area contributed by atoms with Crippen LogP contribution >= 0.6 is 23.2 Å². The Labute approximate surface area is 725 Å². The zero-order valence-electron chi connectivity index (χ0n) is 68.1. The Balaban J connectivity index is 0.000000693. The molecule has 5 aliphatic heterocycles. The van der Waals surface area contributed by atoms with Gasteiger partial charge in [-0.15, -0.1) is 36.4 Å². The van der Waals surface area contributed by atoms with Gasteiger partial charge in [-0.2, -0.15) is 5.10 Å². The van der Waals surface area contributed by atoms with Crippen LogP contribution in [-0.2, 0) is 86.2 Å². The molecule has 28 nitrogen and oxygen atoms in total. The van der Waals surface area contributed by atoms with Crippen LogP contribution in [0.3, 0.4) is 0 Å². The van der Waals surface area contributed by atoms with E-state index in [0.29, 0.717) is 82.1 Å². The number of hydrazone groups is 1. The van der Waals surface area contributed by atoms with Gasteiger partial charge in [-0.05, 0) is 79.1 Å².